The van der Waals surface area contributed by atoms with E-state index in [9.17, 15) is 31.5 Å². The highest BCUT2D eigenvalue weighted by molar-refractivity contribution is 7.92. The van der Waals surface area contributed by atoms with Crippen molar-refractivity contribution in [3.8, 4) is 0 Å². The lowest BCUT2D eigenvalue weighted by molar-refractivity contribution is 0.0532. The van der Waals surface area contributed by atoms with Crippen molar-refractivity contribution >= 4 is 108 Å². The van der Waals surface area contributed by atoms with Gasteiger partial charge in [0, 0.05) is 78.4 Å². The number of aliphatic hydroxyl groups is 2. The highest BCUT2D eigenvalue weighted by atomic mass is 35.5. The van der Waals surface area contributed by atoms with Gasteiger partial charge >= 0.3 is 0 Å². The molecule has 0 unspecified atom stereocenters. The third-order valence-corrected chi connectivity index (χ3v) is 15.6. The van der Waals surface area contributed by atoms with Crippen LogP contribution in [0.5, 0.6) is 0 Å². The van der Waals surface area contributed by atoms with Crippen molar-refractivity contribution in [2.45, 2.75) is 90.5 Å². The van der Waals surface area contributed by atoms with Crippen molar-refractivity contribution in [3.63, 3.8) is 0 Å². The smallest absolute Gasteiger partial charge is 0.256 e. The molecule has 20 nitrogen and oxygen atoms in total. The number of aliphatic hydroxyl groups excluding tert-OH is 2. The van der Waals surface area contributed by atoms with E-state index >= 15 is 0 Å². The Kier molecular flexibility index (Phi) is 18.8. The van der Waals surface area contributed by atoms with E-state index in [1.807, 2.05) is 32.2 Å². The number of fused-ring (bicyclic) bond motifs is 2. The zero-order chi connectivity index (χ0) is 54.1. The van der Waals surface area contributed by atoms with Gasteiger partial charge in [-0.05, 0) is 107 Å². The fraction of sp³-hybridized carbons (Fsp3) is 0.480. The molecule has 4 saturated heterocycles. The molecule has 76 heavy (non-hydrogen) atoms. The summed E-state index contributed by atoms with van der Waals surface area (Å²) in [5, 5.41) is 32.2. The monoisotopic (exact) mass is 1160 g/mol. The zero-order valence-electron chi connectivity index (χ0n) is 43.0. The maximum absolute atomic E-state index is 13.9. The summed E-state index contributed by atoms with van der Waals surface area (Å²) >= 11 is 18.5. The molecule has 412 valence electrons. The molecule has 0 spiro atoms. The molecule has 6 aromatic rings. The second-order valence-electron chi connectivity index (χ2n) is 20.2. The molecule has 0 bridgehead atoms. The maximum Gasteiger partial charge on any atom is 0.256 e. The minimum absolute atomic E-state index is 0. The van der Waals surface area contributed by atoms with Gasteiger partial charge in [0.05, 0.1) is 70.7 Å². The summed E-state index contributed by atoms with van der Waals surface area (Å²) in [6.07, 6.45) is 10.3. The summed E-state index contributed by atoms with van der Waals surface area (Å²) in [6.45, 7) is 12.1. The van der Waals surface area contributed by atoms with Gasteiger partial charge in [-0.2, -0.15) is 10.2 Å². The number of benzene rings is 2. The molecule has 26 heteroatoms. The normalized spacial score (nSPS) is 21.9. The molecule has 10 rings (SSSR count). The standard InChI is InChI=1S/C25H31ClN6O4S.C21H23Cl2N5O3S.C4H9NO.ClH/c1-15-4-7-22(31(12-15)25(34)19-10-17(26)5-6-20(19)29-37(3,35)36)21-11-23-27-24(16(2)13-32(23)28-21)30-9-8-18(33)14-30;1-12-4-7-18(17-9-19-24-20(23)13(2)11-28(19)25-17)27(10-12)21(29)15-8-14(22)5-6-16(15)26-32(3,30)31;6-4-1-2-5-3-4;/h5-6,10-11,13,15,18,22,29,33H,4,7-9,12,14H2,1-3H3;5-6,8-9,11-12,18,26H,4,7,10H2,1-3H3;4-6H,1-3H2;1H/t15-,18+,22-;12-,18-;4-;/m001./s1. The van der Waals surface area contributed by atoms with Crippen LogP contribution in [-0.2, 0) is 20.0 Å². The number of hydrogen-bond donors (Lipinski definition) is 5. The second kappa shape index (κ2) is 24.3. The van der Waals surface area contributed by atoms with Gasteiger partial charge in [-0.3, -0.25) is 19.0 Å². The average molecular weight is 1170 g/mol. The van der Waals surface area contributed by atoms with E-state index in [4.69, 9.17) is 50.0 Å². The first-order chi connectivity index (χ1) is 35.4. The highest BCUT2D eigenvalue weighted by Crippen LogP contribution is 2.38. The molecule has 4 fully saturated rings. The van der Waals surface area contributed by atoms with Gasteiger partial charge in [-0.25, -0.2) is 35.8 Å². The Morgan fingerprint density at radius 2 is 1.14 bits per heavy atom. The molecular weight excluding hydrogens is 1100 g/mol. The molecule has 0 saturated carbocycles. The van der Waals surface area contributed by atoms with E-state index in [0.29, 0.717) is 58.2 Å². The quantitative estimate of drug-likeness (QED) is 0.0890. The molecular formula is C50H64Cl4N12O8S2. The van der Waals surface area contributed by atoms with Crippen LogP contribution in [0.3, 0.4) is 0 Å². The van der Waals surface area contributed by atoms with Gasteiger partial charge in [-0.1, -0.05) is 48.7 Å². The van der Waals surface area contributed by atoms with Crippen LogP contribution in [0, 0.1) is 25.7 Å². The summed E-state index contributed by atoms with van der Waals surface area (Å²) in [4.78, 5) is 42.3. The van der Waals surface area contributed by atoms with E-state index in [0.717, 1.165) is 86.9 Å². The number of nitrogens with one attached hydrogen (secondary N) is 3. The number of carbonyl (C=O) groups is 2. The lowest BCUT2D eigenvalue weighted by atomic mass is 9.91. The minimum Gasteiger partial charge on any atom is -0.392 e. The van der Waals surface area contributed by atoms with Crippen LogP contribution in [0.1, 0.15) is 108 Å². The Labute approximate surface area is 464 Å². The number of halogens is 4. The Hall–Kier alpha value is -5.04. The fourth-order valence-electron chi connectivity index (χ4n) is 9.89. The lowest BCUT2D eigenvalue weighted by Gasteiger charge is -2.38. The van der Waals surface area contributed by atoms with Gasteiger partial charge in [-0.15, -0.1) is 12.4 Å². The summed E-state index contributed by atoms with van der Waals surface area (Å²) in [7, 11) is -7.18. The van der Waals surface area contributed by atoms with Gasteiger partial charge in [0.15, 0.2) is 11.3 Å². The number of amides is 2. The molecule has 2 amide bonds. The summed E-state index contributed by atoms with van der Waals surface area (Å²) < 4.78 is 55.8. The van der Waals surface area contributed by atoms with E-state index in [1.54, 1.807) is 37.2 Å². The van der Waals surface area contributed by atoms with Crippen LogP contribution in [0.15, 0.2) is 60.9 Å². The molecule has 0 aliphatic carbocycles. The van der Waals surface area contributed by atoms with E-state index in [-0.39, 0.29) is 82.9 Å². The van der Waals surface area contributed by atoms with Crippen LogP contribution in [0.2, 0.25) is 15.2 Å². The molecule has 4 aliphatic heterocycles. The molecule has 2 aromatic carbocycles. The van der Waals surface area contributed by atoms with Gasteiger partial charge in [0.25, 0.3) is 11.8 Å². The Morgan fingerprint density at radius 1 is 0.658 bits per heavy atom. The number of piperidine rings is 2. The van der Waals surface area contributed by atoms with Crippen LogP contribution in [0.4, 0.5) is 17.2 Å². The van der Waals surface area contributed by atoms with Gasteiger partial charge < -0.3 is 30.2 Å². The number of rotatable bonds is 9. The Bertz CT molecular complexity index is 3280. The number of carbonyl (C=O) groups excluding carboxylic acids is 2. The predicted molar refractivity (Wildman–Crippen MR) is 298 cm³/mol. The number of aromatic nitrogens is 6. The second-order valence-corrected chi connectivity index (χ2v) is 24.9. The fourth-order valence-corrected chi connectivity index (χ4v) is 11.5. The van der Waals surface area contributed by atoms with E-state index < -0.39 is 20.0 Å². The first kappa shape index (κ1) is 58.6. The zero-order valence-corrected chi connectivity index (χ0v) is 47.7. The molecule has 4 aliphatic rings. The van der Waals surface area contributed by atoms with Gasteiger partial charge in [0.1, 0.15) is 11.0 Å². The Balaban J connectivity index is 0.000000198. The minimum atomic E-state index is -3.60. The van der Waals surface area contributed by atoms with E-state index in [2.05, 4.69) is 43.6 Å². The van der Waals surface area contributed by atoms with Crippen molar-refractivity contribution in [1.29, 1.82) is 0 Å². The number of anilines is 3. The molecule has 0 radical (unpaired) electrons. The third kappa shape index (κ3) is 14.4. The van der Waals surface area contributed by atoms with E-state index in [1.165, 1.54) is 24.3 Å². The molecule has 6 atom stereocenters. The molecule has 5 N–H and O–H groups in total. The number of aryl methyl sites for hydroxylation is 2. The third-order valence-electron chi connectivity index (χ3n) is 13.6. The first-order valence-electron chi connectivity index (χ1n) is 24.8. The SMILES string of the molecule is Cc1cn2nc([C@@H]3CC[C@H](C)CN3C(=O)c3cc(Cl)ccc3NS(C)(=O)=O)cc2nc1Cl.Cc1cn2nc([C@@H]3CC[C@H](C)CN3C(=O)c3cc(Cl)ccc3NS(C)(=O)=O)cc2nc1N1CC[C@@H](O)C1.Cl.O[C@@H]1CCNC1. The molecule has 8 heterocycles. The predicted octanol–water partition coefficient (Wildman–Crippen LogP) is 7.34. The molecule has 4 aromatic heterocycles. The van der Waals surface area contributed by atoms with Crippen LogP contribution >= 0.6 is 47.2 Å². The van der Waals surface area contributed by atoms with Crippen LogP contribution in [-0.4, -0.2) is 142 Å². The highest BCUT2D eigenvalue weighted by Gasteiger charge is 2.37. The van der Waals surface area contributed by atoms with Crippen molar-refractivity contribution in [3.05, 3.63) is 110 Å². The summed E-state index contributed by atoms with van der Waals surface area (Å²) in [6, 6.07) is 12.2. The van der Waals surface area contributed by atoms with Crippen LogP contribution in [0.25, 0.3) is 11.3 Å². The van der Waals surface area contributed by atoms with Crippen molar-refractivity contribution in [1.82, 2.24) is 44.3 Å². The van der Waals surface area contributed by atoms with Crippen molar-refractivity contribution < 1.29 is 36.6 Å². The average Bonchev–Trinajstić information content (AvgIpc) is 4.18. The van der Waals surface area contributed by atoms with Crippen molar-refractivity contribution in [2.24, 2.45) is 11.8 Å². The first-order valence-corrected chi connectivity index (χ1v) is 29.7. The lowest BCUT2D eigenvalue weighted by Crippen LogP contribution is -2.42. The summed E-state index contributed by atoms with van der Waals surface area (Å²) in [5.74, 6) is 0.771. The van der Waals surface area contributed by atoms with Gasteiger partial charge in [0.2, 0.25) is 20.0 Å². The maximum atomic E-state index is 13.9. The number of likely N-dealkylation sites (tertiary alicyclic amines) is 2. The van der Waals surface area contributed by atoms with Crippen molar-refractivity contribution in [2.75, 3.05) is 66.1 Å². The Morgan fingerprint density at radius 3 is 1.57 bits per heavy atom. The largest absolute Gasteiger partial charge is 0.392 e. The van der Waals surface area contributed by atoms with Crippen LogP contribution < -0.4 is 19.7 Å². The number of β-amino-alcohol motifs (C(OH)–C–C–N with tert-alkyl or cyclic N) is 2. The topological polar surface area (TPSA) is 249 Å². The number of hydrogen-bond acceptors (Lipinski definition) is 14. The number of sulfonamides is 2. The summed E-state index contributed by atoms with van der Waals surface area (Å²) in [5.41, 5.74) is 5.24. The number of nitrogens with zero attached hydrogens (tertiary/aromatic N) is 9.